The predicted octanol–water partition coefficient (Wildman–Crippen LogP) is 2.25. The molecule has 0 aromatic rings. The summed E-state index contributed by atoms with van der Waals surface area (Å²) in [4.78, 5) is 2.54. The molecule has 2 N–H and O–H groups in total. The minimum Gasteiger partial charge on any atom is -0.395 e. The second-order valence-corrected chi connectivity index (χ2v) is 7.20. The molecule has 3 unspecified atom stereocenters. The molecular formula is C16H32N2O. The first-order chi connectivity index (χ1) is 9.08. The zero-order valence-electron chi connectivity index (χ0n) is 13.0. The summed E-state index contributed by atoms with van der Waals surface area (Å²) in [5.41, 5.74) is 0.356. The van der Waals surface area contributed by atoms with E-state index in [0.29, 0.717) is 24.0 Å². The number of nitrogens with one attached hydrogen (secondary N) is 1. The van der Waals surface area contributed by atoms with E-state index in [4.69, 9.17) is 0 Å². The van der Waals surface area contributed by atoms with E-state index in [-0.39, 0.29) is 0 Å². The van der Waals surface area contributed by atoms with Crippen LogP contribution in [-0.2, 0) is 0 Å². The van der Waals surface area contributed by atoms with Crippen LogP contribution in [0.15, 0.2) is 0 Å². The lowest BCUT2D eigenvalue weighted by Gasteiger charge is -2.37. The minimum atomic E-state index is 0.319. The van der Waals surface area contributed by atoms with Gasteiger partial charge in [-0.05, 0) is 43.6 Å². The molecule has 19 heavy (non-hydrogen) atoms. The number of rotatable bonds is 8. The largest absolute Gasteiger partial charge is 0.395 e. The molecule has 2 aliphatic rings. The van der Waals surface area contributed by atoms with E-state index in [1.165, 1.54) is 32.1 Å². The van der Waals surface area contributed by atoms with E-state index >= 15 is 0 Å². The van der Waals surface area contributed by atoms with Gasteiger partial charge in [0.05, 0.1) is 6.61 Å². The number of nitrogens with zero attached hydrogens (tertiary/aromatic N) is 1. The highest BCUT2D eigenvalue weighted by atomic mass is 16.3. The van der Waals surface area contributed by atoms with Gasteiger partial charge in [0.1, 0.15) is 0 Å². The second-order valence-electron chi connectivity index (χ2n) is 7.20. The van der Waals surface area contributed by atoms with Crippen molar-refractivity contribution in [2.75, 3.05) is 26.2 Å². The fourth-order valence-electron chi connectivity index (χ4n) is 3.57. The molecule has 0 aromatic carbocycles. The monoisotopic (exact) mass is 268 g/mol. The number of aliphatic hydroxyl groups excluding tert-OH is 1. The van der Waals surface area contributed by atoms with Crippen molar-refractivity contribution in [2.45, 2.75) is 65.0 Å². The number of likely N-dealkylation sites (tertiary alicyclic amines) is 1. The van der Waals surface area contributed by atoms with Crippen LogP contribution in [-0.4, -0.2) is 48.3 Å². The molecule has 1 aliphatic carbocycles. The van der Waals surface area contributed by atoms with E-state index in [1.807, 2.05) is 0 Å². The molecule has 3 nitrogen and oxygen atoms in total. The molecule has 0 bridgehead atoms. The molecule has 1 saturated carbocycles. The second kappa shape index (κ2) is 6.55. The zero-order chi connectivity index (χ0) is 13.9. The van der Waals surface area contributed by atoms with Crippen LogP contribution in [0.4, 0.5) is 0 Å². The first-order valence-corrected chi connectivity index (χ1v) is 8.16. The summed E-state index contributed by atoms with van der Waals surface area (Å²) in [6, 6.07) is 1.18. The summed E-state index contributed by atoms with van der Waals surface area (Å²) in [5.74, 6) is 0.646. The van der Waals surface area contributed by atoms with E-state index in [9.17, 15) is 5.11 Å². The number of aliphatic hydroxyl groups is 1. The standard InChI is InChI=1S/C16H32N2O/c1-4-8-16(3,11-17-14-5-6-14)12-18-9-7-13(2)15(18)10-19/h13-15,17,19H,4-12H2,1-3H3. The topological polar surface area (TPSA) is 35.5 Å². The van der Waals surface area contributed by atoms with E-state index in [0.717, 1.165) is 25.7 Å². The molecule has 0 radical (unpaired) electrons. The lowest BCUT2D eigenvalue weighted by Crippen LogP contribution is -2.46. The van der Waals surface area contributed by atoms with Crippen LogP contribution in [0.1, 0.15) is 52.9 Å². The molecule has 2 fully saturated rings. The Bertz CT molecular complexity index is 280. The highest BCUT2D eigenvalue weighted by Crippen LogP contribution is 2.31. The molecule has 3 atom stereocenters. The fourth-order valence-corrected chi connectivity index (χ4v) is 3.57. The van der Waals surface area contributed by atoms with Crippen LogP contribution in [0.25, 0.3) is 0 Å². The molecule has 1 heterocycles. The van der Waals surface area contributed by atoms with Gasteiger partial charge in [-0.1, -0.05) is 27.2 Å². The molecular weight excluding hydrogens is 236 g/mol. The van der Waals surface area contributed by atoms with E-state index in [2.05, 4.69) is 31.0 Å². The van der Waals surface area contributed by atoms with Crippen molar-refractivity contribution in [1.29, 1.82) is 0 Å². The quantitative estimate of drug-likeness (QED) is 0.709. The lowest BCUT2D eigenvalue weighted by atomic mass is 9.84. The predicted molar refractivity (Wildman–Crippen MR) is 80.3 cm³/mol. The van der Waals surface area contributed by atoms with Gasteiger partial charge < -0.3 is 10.4 Å². The highest BCUT2D eigenvalue weighted by Gasteiger charge is 2.36. The Morgan fingerprint density at radius 1 is 1.32 bits per heavy atom. The Labute approximate surface area is 118 Å². The summed E-state index contributed by atoms with van der Waals surface area (Å²) in [6.07, 6.45) is 6.49. The van der Waals surface area contributed by atoms with Crippen LogP contribution in [0.3, 0.4) is 0 Å². The normalized spacial score (nSPS) is 31.6. The first kappa shape index (κ1) is 15.3. The third kappa shape index (κ3) is 4.17. The first-order valence-electron chi connectivity index (χ1n) is 8.16. The van der Waals surface area contributed by atoms with Crippen LogP contribution in [0, 0.1) is 11.3 Å². The Morgan fingerprint density at radius 3 is 2.63 bits per heavy atom. The van der Waals surface area contributed by atoms with E-state index in [1.54, 1.807) is 0 Å². The van der Waals surface area contributed by atoms with Gasteiger partial charge in [0.15, 0.2) is 0 Å². The van der Waals surface area contributed by atoms with Gasteiger partial charge >= 0.3 is 0 Å². The van der Waals surface area contributed by atoms with E-state index < -0.39 is 0 Å². The maximum absolute atomic E-state index is 9.60. The molecule has 0 aromatic heterocycles. The van der Waals surface area contributed by atoms with Crippen LogP contribution >= 0.6 is 0 Å². The average molecular weight is 268 g/mol. The molecule has 0 spiro atoms. The Balaban J connectivity index is 1.90. The van der Waals surface area contributed by atoms with Crippen molar-refractivity contribution in [2.24, 2.45) is 11.3 Å². The maximum atomic E-state index is 9.60. The summed E-state index contributed by atoms with van der Waals surface area (Å²) in [6.45, 7) is 10.7. The van der Waals surface area contributed by atoms with Crippen LogP contribution in [0.2, 0.25) is 0 Å². The van der Waals surface area contributed by atoms with Gasteiger partial charge in [0.25, 0.3) is 0 Å². The van der Waals surface area contributed by atoms with Crippen LogP contribution in [0.5, 0.6) is 0 Å². The van der Waals surface area contributed by atoms with Crippen molar-refractivity contribution in [3.05, 3.63) is 0 Å². The Kier molecular flexibility index (Phi) is 5.27. The Hall–Kier alpha value is -0.120. The molecule has 1 saturated heterocycles. The van der Waals surface area contributed by atoms with Crippen molar-refractivity contribution in [3.63, 3.8) is 0 Å². The molecule has 3 heteroatoms. The third-order valence-corrected chi connectivity index (χ3v) is 5.02. The molecule has 112 valence electrons. The van der Waals surface area contributed by atoms with Gasteiger partial charge in [0.2, 0.25) is 0 Å². The van der Waals surface area contributed by atoms with Gasteiger partial charge in [-0.15, -0.1) is 0 Å². The third-order valence-electron chi connectivity index (χ3n) is 5.02. The average Bonchev–Trinajstić information content (AvgIpc) is 3.13. The van der Waals surface area contributed by atoms with Crippen molar-refractivity contribution in [1.82, 2.24) is 10.2 Å². The minimum absolute atomic E-state index is 0.319. The number of hydrogen-bond donors (Lipinski definition) is 2. The Morgan fingerprint density at radius 2 is 2.05 bits per heavy atom. The summed E-state index contributed by atoms with van der Waals surface area (Å²) < 4.78 is 0. The van der Waals surface area contributed by atoms with Gasteiger partial charge in [-0.25, -0.2) is 0 Å². The summed E-state index contributed by atoms with van der Waals surface area (Å²) in [5, 5.41) is 13.3. The fraction of sp³-hybridized carbons (Fsp3) is 1.00. The number of hydrogen-bond acceptors (Lipinski definition) is 3. The maximum Gasteiger partial charge on any atom is 0.0589 e. The van der Waals surface area contributed by atoms with Crippen molar-refractivity contribution in [3.8, 4) is 0 Å². The lowest BCUT2D eigenvalue weighted by molar-refractivity contribution is 0.0906. The molecule has 0 amide bonds. The highest BCUT2D eigenvalue weighted by molar-refractivity contribution is 4.91. The van der Waals surface area contributed by atoms with Crippen molar-refractivity contribution >= 4 is 0 Å². The van der Waals surface area contributed by atoms with Gasteiger partial charge in [-0.2, -0.15) is 0 Å². The zero-order valence-corrected chi connectivity index (χ0v) is 13.0. The van der Waals surface area contributed by atoms with Crippen LogP contribution < -0.4 is 5.32 Å². The van der Waals surface area contributed by atoms with Gasteiger partial charge in [0, 0.05) is 25.2 Å². The SMILES string of the molecule is CCCC(C)(CNC1CC1)CN1CCC(C)C1CO. The smallest absolute Gasteiger partial charge is 0.0589 e. The summed E-state index contributed by atoms with van der Waals surface area (Å²) >= 11 is 0. The van der Waals surface area contributed by atoms with Crippen molar-refractivity contribution < 1.29 is 5.11 Å². The van der Waals surface area contributed by atoms with Gasteiger partial charge in [-0.3, -0.25) is 4.90 Å². The summed E-state index contributed by atoms with van der Waals surface area (Å²) in [7, 11) is 0. The molecule has 2 rings (SSSR count). The molecule has 1 aliphatic heterocycles.